The van der Waals surface area contributed by atoms with E-state index in [1.165, 1.54) is 5.56 Å². The van der Waals surface area contributed by atoms with Crippen molar-refractivity contribution in [3.8, 4) is 0 Å². The number of rotatable bonds is 6. The van der Waals surface area contributed by atoms with Crippen molar-refractivity contribution in [3.05, 3.63) is 35.9 Å². The topological polar surface area (TPSA) is 21.7 Å². The molecule has 1 aromatic rings. The predicted octanol–water partition coefficient (Wildman–Crippen LogP) is 4.55. The first-order valence-corrected chi connectivity index (χ1v) is 8.88. The molecule has 128 valence electrons. The van der Waals surface area contributed by atoms with E-state index in [0.717, 1.165) is 13.1 Å². The molecule has 0 aromatic heterocycles. The van der Waals surface area contributed by atoms with Crippen molar-refractivity contribution in [2.24, 2.45) is 0 Å². The Hall–Kier alpha value is -0.835. The molecule has 1 saturated heterocycles. The van der Waals surface area contributed by atoms with Gasteiger partial charge in [-0.05, 0) is 46.3 Å². The fourth-order valence-corrected chi connectivity index (χ4v) is 3.37. The monoisotopic (exact) mass is 317 g/mol. The van der Waals surface area contributed by atoms with E-state index < -0.39 is 0 Å². The lowest BCUT2D eigenvalue weighted by Crippen LogP contribution is -2.41. The van der Waals surface area contributed by atoms with Gasteiger partial charge < -0.3 is 9.31 Å². The SMILES string of the molecule is CCN(CC)[C@@H](c1ccccc1)[C@H](C)B1OC(C)(C)C(C)(C)O1. The van der Waals surface area contributed by atoms with Crippen LogP contribution in [0.3, 0.4) is 0 Å². The summed E-state index contributed by atoms with van der Waals surface area (Å²) < 4.78 is 12.6. The van der Waals surface area contributed by atoms with Gasteiger partial charge in [0.05, 0.1) is 11.2 Å². The minimum Gasteiger partial charge on any atom is -0.403 e. The van der Waals surface area contributed by atoms with Crippen LogP contribution in [-0.2, 0) is 9.31 Å². The van der Waals surface area contributed by atoms with Crippen molar-refractivity contribution < 1.29 is 9.31 Å². The van der Waals surface area contributed by atoms with Gasteiger partial charge in [-0.25, -0.2) is 0 Å². The molecule has 1 heterocycles. The summed E-state index contributed by atoms with van der Waals surface area (Å²) in [4.78, 5) is 2.49. The van der Waals surface area contributed by atoms with Gasteiger partial charge >= 0.3 is 7.12 Å². The normalized spacial score (nSPS) is 22.3. The van der Waals surface area contributed by atoms with Crippen LogP contribution < -0.4 is 0 Å². The molecule has 0 saturated carbocycles. The summed E-state index contributed by atoms with van der Waals surface area (Å²) in [6.07, 6.45) is 0. The zero-order valence-electron chi connectivity index (χ0n) is 15.8. The van der Waals surface area contributed by atoms with Crippen molar-refractivity contribution >= 4 is 7.12 Å². The molecule has 0 spiro atoms. The maximum atomic E-state index is 6.32. The van der Waals surface area contributed by atoms with Crippen LogP contribution in [-0.4, -0.2) is 36.3 Å². The first kappa shape index (κ1) is 18.5. The molecule has 0 amide bonds. The Morgan fingerprint density at radius 3 is 1.87 bits per heavy atom. The molecule has 3 nitrogen and oxygen atoms in total. The zero-order chi connectivity index (χ0) is 17.3. The van der Waals surface area contributed by atoms with E-state index in [9.17, 15) is 0 Å². The second-order valence-corrected chi connectivity index (χ2v) is 7.56. The molecule has 1 aromatic carbocycles. The Balaban J connectivity index is 2.30. The number of benzene rings is 1. The molecule has 4 heteroatoms. The molecular weight excluding hydrogens is 285 g/mol. The lowest BCUT2D eigenvalue weighted by molar-refractivity contribution is 0.00578. The Morgan fingerprint density at radius 1 is 0.957 bits per heavy atom. The van der Waals surface area contributed by atoms with Gasteiger partial charge in [0.2, 0.25) is 0 Å². The van der Waals surface area contributed by atoms with Gasteiger partial charge in [-0.3, -0.25) is 4.90 Å². The molecular formula is C19H32BNO2. The van der Waals surface area contributed by atoms with Gasteiger partial charge in [-0.15, -0.1) is 0 Å². The van der Waals surface area contributed by atoms with Gasteiger partial charge in [0.25, 0.3) is 0 Å². The molecule has 0 bridgehead atoms. The third-order valence-electron chi connectivity index (χ3n) is 5.55. The van der Waals surface area contributed by atoms with Crippen LogP contribution in [0.25, 0.3) is 0 Å². The molecule has 0 aliphatic carbocycles. The van der Waals surface area contributed by atoms with Gasteiger partial charge in [0.15, 0.2) is 0 Å². The average molecular weight is 317 g/mol. The summed E-state index contributed by atoms with van der Waals surface area (Å²) in [7, 11) is -0.189. The Labute approximate surface area is 142 Å². The number of nitrogens with zero attached hydrogens (tertiary/aromatic N) is 1. The smallest absolute Gasteiger partial charge is 0.403 e. The largest absolute Gasteiger partial charge is 0.462 e. The van der Waals surface area contributed by atoms with Crippen LogP contribution in [0.15, 0.2) is 30.3 Å². The highest BCUT2D eigenvalue weighted by atomic mass is 16.7. The number of hydrogen-bond acceptors (Lipinski definition) is 3. The lowest BCUT2D eigenvalue weighted by atomic mass is 9.66. The van der Waals surface area contributed by atoms with E-state index >= 15 is 0 Å². The molecule has 23 heavy (non-hydrogen) atoms. The molecule has 1 aliphatic heterocycles. The van der Waals surface area contributed by atoms with Gasteiger partial charge in [-0.2, -0.15) is 0 Å². The van der Waals surface area contributed by atoms with Crippen LogP contribution in [0.2, 0.25) is 5.82 Å². The summed E-state index contributed by atoms with van der Waals surface area (Å²) in [5, 5.41) is 0. The molecule has 1 fully saturated rings. The second kappa shape index (κ2) is 6.96. The fourth-order valence-electron chi connectivity index (χ4n) is 3.37. The van der Waals surface area contributed by atoms with E-state index in [1.807, 2.05) is 0 Å². The minimum absolute atomic E-state index is 0.189. The van der Waals surface area contributed by atoms with Crippen LogP contribution in [0.4, 0.5) is 0 Å². The van der Waals surface area contributed by atoms with Crippen LogP contribution in [0.1, 0.15) is 60.1 Å². The lowest BCUT2D eigenvalue weighted by Gasteiger charge is -2.35. The third-order valence-corrected chi connectivity index (χ3v) is 5.55. The highest BCUT2D eigenvalue weighted by Crippen LogP contribution is 2.44. The van der Waals surface area contributed by atoms with E-state index in [2.05, 4.69) is 83.7 Å². The molecule has 0 unspecified atom stereocenters. The number of hydrogen-bond donors (Lipinski definition) is 0. The van der Waals surface area contributed by atoms with Gasteiger partial charge in [0.1, 0.15) is 0 Å². The maximum absolute atomic E-state index is 6.32. The summed E-state index contributed by atoms with van der Waals surface area (Å²) >= 11 is 0. The zero-order valence-corrected chi connectivity index (χ0v) is 15.8. The molecule has 0 radical (unpaired) electrons. The van der Waals surface area contributed by atoms with Crippen molar-refractivity contribution in [3.63, 3.8) is 0 Å². The van der Waals surface area contributed by atoms with E-state index in [0.29, 0.717) is 6.04 Å². The molecule has 1 aliphatic rings. The maximum Gasteiger partial charge on any atom is 0.462 e. The summed E-state index contributed by atoms with van der Waals surface area (Å²) in [6, 6.07) is 11.0. The second-order valence-electron chi connectivity index (χ2n) is 7.56. The van der Waals surface area contributed by atoms with Crippen LogP contribution >= 0.6 is 0 Å². The molecule has 2 atom stereocenters. The van der Waals surface area contributed by atoms with Crippen molar-refractivity contribution in [2.45, 2.75) is 71.5 Å². The fraction of sp³-hybridized carbons (Fsp3) is 0.684. The molecule has 2 rings (SSSR count). The average Bonchev–Trinajstić information content (AvgIpc) is 2.73. The summed E-state index contributed by atoms with van der Waals surface area (Å²) in [6.45, 7) is 17.2. The predicted molar refractivity (Wildman–Crippen MR) is 97.6 cm³/mol. The highest BCUT2D eigenvalue weighted by molar-refractivity contribution is 6.47. The highest BCUT2D eigenvalue weighted by Gasteiger charge is 2.54. The van der Waals surface area contributed by atoms with Crippen molar-refractivity contribution in [1.82, 2.24) is 4.90 Å². The molecule has 0 N–H and O–H groups in total. The Kier molecular flexibility index (Phi) is 5.60. The third kappa shape index (κ3) is 3.65. The minimum atomic E-state index is -0.281. The first-order valence-electron chi connectivity index (χ1n) is 8.88. The van der Waals surface area contributed by atoms with E-state index in [-0.39, 0.29) is 24.1 Å². The van der Waals surface area contributed by atoms with Crippen LogP contribution in [0.5, 0.6) is 0 Å². The van der Waals surface area contributed by atoms with Gasteiger partial charge in [0, 0.05) is 11.9 Å². The Bertz CT molecular complexity index is 483. The van der Waals surface area contributed by atoms with Gasteiger partial charge in [-0.1, -0.05) is 51.1 Å². The van der Waals surface area contributed by atoms with E-state index in [1.54, 1.807) is 0 Å². The summed E-state index contributed by atoms with van der Waals surface area (Å²) in [5.74, 6) is 0.248. The van der Waals surface area contributed by atoms with E-state index in [4.69, 9.17) is 9.31 Å². The quantitative estimate of drug-likeness (QED) is 0.718. The first-order chi connectivity index (χ1) is 10.7. The van der Waals surface area contributed by atoms with Crippen molar-refractivity contribution in [1.29, 1.82) is 0 Å². The Morgan fingerprint density at radius 2 is 1.43 bits per heavy atom. The van der Waals surface area contributed by atoms with Crippen LogP contribution in [0, 0.1) is 0 Å². The van der Waals surface area contributed by atoms with Crippen molar-refractivity contribution in [2.75, 3.05) is 13.1 Å². The summed E-state index contributed by atoms with van der Waals surface area (Å²) in [5.41, 5.74) is 0.769. The standard InChI is InChI=1S/C19H32BNO2/c1-8-21(9-2)17(16-13-11-10-12-14-16)15(3)20-22-18(4,5)19(6,7)23-20/h10-15,17H,8-9H2,1-7H3/t15-,17+/m0/s1.